The maximum atomic E-state index is 12.1. The van der Waals surface area contributed by atoms with Crippen molar-refractivity contribution in [3.05, 3.63) is 70.8 Å². The number of amides is 1. The number of nitrogens with one attached hydrogen (secondary N) is 1. The van der Waals surface area contributed by atoms with Crippen molar-refractivity contribution in [2.75, 3.05) is 18.5 Å². The molecule has 25 heavy (non-hydrogen) atoms. The predicted octanol–water partition coefficient (Wildman–Crippen LogP) is 3.57. The molecule has 0 aliphatic heterocycles. The fourth-order valence-electron chi connectivity index (χ4n) is 1.96. The molecular formula is C18H18N2O5. The van der Waals surface area contributed by atoms with Gasteiger partial charge in [-0.3, -0.25) is 14.9 Å². The summed E-state index contributed by atoms with van der Waals surface area (Å²) in [5.74, 6) is 0.0866. The Labute approximate surface area is 145 Å². The third-order valence-electron chi connectivity index (χ3n) is 3.06. The summed E-state index contributed by atoms with van der Waals surface area (Å²) in [4.78, 5) is 22.4. The van der Waals surface area contributed by atoms with E-state index in [2.05, 4.69) is 11.9 Å². The van der Waals surface area contributed by atoms with Gasteiger partial charge >= 0.3 is 5.69 Å². The van der Waals surface area contributed by atoms with Crippen LogP contribution in [-0.2, 0) is 4.79 Å². The zero-order chi connectivity index (χ0) is 18.2. The average Bonchev–Trinajstić information content (AvgIpc) is 2.59. The second kappa shape index (κ2) is 8.49. The molecule has 7 heteroatoms. The van der Waals surface area contributed by atoms with E-state index in [0.717, 1.165) is 5.57 Å². The van der Waals surface area contributed by atoms with Gasteiger partial charge in [0.25, 0.3) is 5.91 Å². The van der Waals surface area contributed by atoms with E-state index in [-0.39, 0.29) is 18.0 Å². The van der Waals surface area contributed by atoms with Gasteiger partial charge in [0.1, 0.15) is 12.4 Å². The molecule has 0 aliphatic rings. The molecule has 0 saturated heterocycles. The number of anilines is 1. The van der Waals surface area contributed by atoms with Crippen LogP contribution < -0.4 is 14.8 Å². The first-order chi connectivity index (χ1) is 12.0. The summed E-state index contributed by atoms with van der Waals surface area (Å²) in [5.41, 5.74) is 1.14. The lowest BCUT2D eigenvalue weighted by atomic mass is 10.3. The van der Waals surface area contributed by atoms with Gasteiger partial charge < -0.3 is 14.8 Å². The molecule has 2 aromatic rings. The Morgan fingerprint density at radius 2 is 1.68 bits per heavy atom. The summed E-state index contributed by atoms with van der Waals surface area (Å²) >= 11 is 0. The molecule has 0 saturated carbocycles. The van der Waals surface area contributed by atoms with E-state index >= 15 is 0 Å². The second-order valence-corrected chi connectivity index (χ2v) is 5.30. The van der Waals surface area contributed by atoms with E-state index in [0.29, 0.717) is 18.0 Å². The first-order valence-electron chi connectivity index (χ1n) is 7.49. The fourth-order valence-corrected chi connectivity index (χ4v) is 1.96. The summed E-state index contributed by atoms with van der Waals surface area (Å²) in [6.07, 6.45) is 0. The van der Waals surface area contributed by atoms with E-state index in [1.807, 2.05) is 6.92 Å². The number of nitro groups is 1. The maximum absolute atomic E-state index is 12.1. The molecule has 2 aromatic carbocycles. The topological polar surface area (TPSA) is 90.7 Å². The SMILES string of the molecule is C=C(C)COc1ccccc1NC(=O)COc1ccccc1[N+](=O)[O-]. The van der Waals surface area contributed by atoms with Crippen molar-refractivity contribution in [1.29, 1.82) is 0 Å². The van der Waals surface area contributed by atoms with Crippen LogP contribution in [0, 0.1) is 10.1 Å². The zero-order valence-corrected chi connectivity index (χ0v) is 13.7. The Morgan fingerprint density at radius 1 is 1.08 bits per heavy atom. The number of ether oxygens (including phenoxy) is 2. The summed E-state index contributed by atoms with van der Waals surface area (Å²) in [6.45, 7) is 5.57. The van der Waals surface area contributed by atoms with Crippen LogP contribution >= 0.6 is 0 Å². The molecule has 130 valence electrons. The normalized spacial score (nSPS) is 9.96. The lowest BCUT2D eigenvalue weighted by Crippen LogP contribution is -2.21. The van der Waals surface area contributed by atoms with Gasteiger partial charge in [-0.15, -0.1) is 0 Å². The Balaban J connectivity index is 1.99. The standard InChI is InChI=1S/C18H18N2O5/c1-13(2)11-24-16-9-5-3-7-14(16)19-18(21)12-25-17-10-6-4-8-15(17)20(22)23/h3-10H,1,11-12H2,2H3,(H,19,21). The number of hydrogen-bond acceptors (Lipinski definition) is 5. The van der Waals surface area contributed by atoms with Gasteiger partial charge in [-0.05, 0) is 30.7 Å². The van der Waals surface area contributed by atoms with Crippen LogP contribution in [0.15, 0.2) is 60.7 Å². The lowest BCUT2D eigenvalue weighted by molar-refractivity contribution is -0.385. The van der Waals surface area contributed by atoms with Crippen LogP contribution in [0.2, 0.25) is 0 Å². The minimum Gasteiger partial charge on any atom is -0.487 e. The largest absolute Gasteiger partial charge is 0.487 e. The average molecular weight is 342 g/mol. The van der Waals surface area contributed by atoms with Crippen LogP contribution in [0.5, 0.6) is 11.5 Å². The number of nitro benzene ring substituents is 1. The number of benzene rings is 2. The molecule has 0 spiro atoms. The van der Waals surface area contributed by atoms with E-state index in [1.165, 1.54) is 18.2 Å². The monoisotopic (exact) mass is 342 g/mol. The highest BCUT2D eigenvalue weighted by Crippen LogP contribution is 2.26. The number of carbonyl (C=O) groups is 1. The van der Waals surface area contributed by atoms with Crippen LogP contribution in [-0.4, -0.2) is 24.0 Å². The van der Waals surface area contributed by atoms with Crippen molar-refractivity contribution in [3.63, 3.8) is 0 Å². The van der Waals surface area contributed by atoms with E-state index in [1.54, 1.807) is 30.3 Å². The highest BCUT2D eigenvalue weighted by molar-refractivity contribution is 5.93. The van der Waals surface area contributed by atoms with Crippen LogP contribution in [0.3, 0.4) is 0 Å². The molecule has 0 heterocycles. The highest BCUT2D eigenvalue weighted by atomic mass is 16.6. The quantitative estimate of drug-likeness (QED) is 0.450. The van der Waals surface area contributed by atoms with Crippen LogP contribution in [0.25, 0.3) is 0 Å². The first kappa shape index (κ1) is 18.0. The molecule has 0 fully saturated rings. The molecular weight excluding hydrogens is 324 g/mol. The van der Waals surface area contributed by atoms with Crippen molar-refractivity contribution >= 4 is 17.3 Å². The van der Waals surface area contributed by atoms with Gasteiger partial charge in [0.05, 0.1) is 10.6 Å². The molecule has 7 nitrogen and oxygen atoms in total. The van der Waals surface area contributed by atoms with Crippen molar-refractivity contribution in [3.8, 4) is 11.5 Å². The maximum Gasteiger partial charge on any atom is 0.310 e. The van der Waals surface area contributed by atoms with E-state index < -0.39 is 10.8 Å². The van der Waals surface area contributed by atoms with Crippen LogP contribution in [0.4, 0.5) is 11.4 Å². The fraction of sp³-hybridized carbons (Fsp3) is 0.167. The highest BCUT2D eigenvalue weighted by Gasteiger charge is 2.15. The molecule has 0 aromatic heterocycles. The van der Waals surface area contributed by atoms with Gasteiger partial charge in [0.2, 0.25) is 0 Å². The number of hydrogen-bond donors (Lipinski definition) is 1. The number of carbonyl (C=O) groups excluding carboxylic acids is 1. The molecule has 0 atom stereocenters. The number of para-hydroxylation sites is 4. The third kappa shape index (κ3) is 5.35. The Morgan fingerprint density at radius 3 is 2.36 bits per heavy atom. The molecule has 2 rings (SSSR count). The van der Waals surface area contributed by atoms with Crippen molar-refractivity contribution in [1.82, 2.24) is 0 Å². The minimum atomic E-state index is -0.562. The van der Waals surface area contributed by atoms with Gasteiger partial charge in [0.15, 0.2) is 12.4 Å². The smallest absolute Gasteiger partial charge is 0.310 e. The van der Waals surface area contributed by atoms with E-state index in [4.69, 9.17) is 9.47 Å². The van der Waals surface area contributed by atoms with Crippen molar-refractivity contribution in [2.24, 2.45) is 0 Å². The van der Waals surface area contributed by atoms with Crippen molar-refractivity contribution in [2.45, 2.75) is 6.92 Å². The van der Waals surface area contributed by atoms with Gasteiger partial charge in [-0.25, -0.2) is 0 Å². The lowest BCUT2D eigenvalue weighted by Gasteiger charge is -2.12. The molecule has 1 N–H and O–H groups in total. The Kier molecular flexibility index (Phi) is 6.11. The third-order valence-corrected chi connectivity index (χ3v) is 3.06. The van der Waals surface area contributed by atoms with Gasteiger partial charge in [0, 0.05) is 6.07 Å². The second-order valence-electron chi connectivity index (χ2n) is 5.30. The first-order valence-corrected chi connectivity index (χ1v) is 7.49. The molecule has 0 aliphatic carbocycles. The summed E-state index contributed by atoms with van der Waals surface area (Å²) < 4.78 is 10.8. The minimum absolute atomic E-state index is 0.0365. The van der Waals surface area contributed by atoms with Gasteiger partial charge in [-0.2, -0.15) is 0 Å². The molecule has 0 radical (unpaired) electrons. The van der Waals surface area contributed by atoms with E-state index in [9.17, 15) is 14.9 Å². The Hall–Kier alpha value is -3.35. The van der Waals surface area contributed by atoms with Crippen LogP contribution in [0.1, 0.15) is 6.92 Å². The number of nitrogens with zero attached hydrogens (tertiary/aromatic N) is 1. The summed E-state index contributed by atoms with van der Waals surface area (Å²) in [5, 5.41) is 13.6. The molecule has 1 amide bonds. The van der Waals surface area contributed by atoms with Crippen molar-refractivity contribution < 1.29 is 19.2 Å². The zero-order valence-electron chi connectivity index (χ0n) is 13.7. The molecule has 0 unspecified atom stereocenters. The molecule has 0 bridgehead atoms. The summed E-state index contributed by atoms with van der Waals surface area (Å²) in [7, 11) is 0. The summed E-state index contributed by atoms with van der Waals surface area (Å²) in [6, 6.07) is 12.8. The Bertz CT molecular complexity index is 789. The number of rotatable bonds is 8. The van der Waals surface area contributed by atoms with Gasteiger partial charge in [-0.1, -0.05) is 30.8 Å². The predicted molar refractivity (Wildman–Crippen MR) is 94.0 cm³/mol.